The monoisotopic (exact) mass is 153 g/mol. The van der Waals surface area contributed by atoms with Gasteiger partial charge in [-0.05, 0) is 26.4 Å². The van der Waals surface area contributed by atoms with Gasteiger partial charge in [0.05, 0.1) is 6.19 Å². The highest BCUT2D eigenvalue weighted by Gasteiger charge is 2.25. The Kier molecular flexibility index (Phi) is 2.82. The number of Topliss-reactive ketones (excluding diaryl/α,β-unsaturated/α-hetero) is 1. The van der Waals surface area contributed by atoms with Gasteiger partial charge in [0.1, 0.15) is 5.78 Å². The summed E-state index contributed by atoms with van der Waals surface area (Å²) in [5.74, 6) is 0.424. The van der Waals surface area contributed by atoms with Gasteiger partial charge in [-0.25, -0.2) is 0 Å². The third-order valence-electron chi connectivity index (χ3n) is 2.18. The van der Waals surface area contributed by atoms with Crippen LogP contribution in [0.2, 0.25) is 0 Å². The van der Waals surface area contributed by atoms with Crippen molar-refractivity contribution in [2.45, 2.75) is 13.3 Å². The molecule has 3 nitrogen and oxygen atoms in total. The molecule has 0 aromatic heterocycles. The van der Waals surface area contributed by atoms with Crippen LogP contribution in [0.1, 0.15) is 13.3 Å². The smallest absolute Gasteiger partial charge is 0.281 e. The largest absolute Gasteiger partial charge is 0.338 e. The van der Waals surface area contributed by atoms with Gasteiger partial charge in [-0.1, -0.05) is 0 Å². The molecule has 1 unspecified atom stereocenters. The maximum absolute atomic E-state index is 10.9. The summed E-state index contributed by atoms with van der Waals surface area (Å²) in [5.41, 5.74) is 0. The van der Waals surface area contributed by atoms with Crippen molar-refractivity contribution < 1.29 is 9.59 Å². The van der Waals surface area contributed by atoms with E-state index in [9.17, 15) is 9.59 Å². The fourth-order valence-electron chi connectivity index (χ4n) is 1.44. The van der Waals surface area contributed by atoms with Crippen molar-refractivity contribution in [3.05, 3.63) is 0 Å². The molecule has 1 saturated heterocycles. The number of ketones is 1. The fraction of sp³-hybridized carbons (Fsp3) is 0.714. The number of carbonyl (C=O) groups is 2. The molecule has 0 saturated carbocycles. The highest BCUT2D eigenvalue weighted by Crippen LogP contribution is 2.14. The van der Waals surface area contributed by atoms with Crippen molar-refractivity contribution in [1.29, 1.82) is 0 Å². The van der Waals surface area contributed by atoms with Gasteiger partial charge in [-0.15, -0.1) is 0 Å². The molecule has 0 radical (unpaired) electrons. The van der Waals surface area contributed by atoms with Crippen molar-refractivity contribution in [1.82, 2.24) is 4.81 Å². The number of hydrogen-bond acceptors (Lipinski definition) is 3. The lowest BCUT2D eigenvalue weighted by molar-refractivity contribution is -0.120. The van der Waals surface area contributed by atoms with E-state index >= 15 is 0 Å². The second-order valence-electron chi connectivity index (χ2n) is 3.02. The van der Waals surface area contributed by atoms with E-state index in [4.69, 9.17) is 0 Å². The first kappa shape index (κ1) is 8.46. The highest BCUT2D eigenvalue weighted by atomic mass is 16.1. The second-order valence-corrected chi connectivity index (χ2v) is 3.02. The first-order valence-electron chi connectivity index (χ1n) is 3.90. The average molecular weight is 153 g/mol. The van der Waals surface area contributed by atoms with Crippen LogP contribution in [0.5, 0.6) is 0 Å². The van der Waals surface area contributed by atoms with Crippen LogP contribution in [0, 0.1) is 5.92 Å². The van der Waals surface area contributed by atoms with Crippen molar-refractivity contribution in [3.63, 3.8) is 0 Å². The maximum Gasteiger partial charge on any atom is 0.281 e. The second kappa shape index (κ2) is 3.67. The summed E-state index contributed by atoms with van der Waals surface area (Å²) in [4.78, 5) is 23.0. The zero-order valence-corrected chi connectivity index (χ0v) is 6.75. The normalized spacial score (nSPS) is 25.0. The first-order chi connectivity index (χ1) is 5.24. The van der Waals surface area contributed by atoms with E-state index in [0.29, 0.717) is 7.41 Å². The summed E-state index contributed by atoms with van der Waals surface area (Å²) < 4.78 is 0. The van der Waals surface area contributed by atoms with E-state index in [0.717, 1.165) is 25.7 Å². The summed E-state index contributed by atoms with van der Waals surface area (Å²) in [6.45, 7) is 3.28. The zero-order valence-electron chi connectivity index (χ0n) is 6.75. The van der Waals surface area contributed by atoms with Crippen LogP contribution in [0.3, 0.4) is 0 Å². The lowest BCUT2D eigenvalue weighted by Gasteiger charge is -2.09. The third kappa shape index (κ3) is 2.15. The van der Waals surface area contributed by atoms with Crippen LogP contribution in [-0.4, -0.2) is 37.3 Å². The number of nitrogens with zero attached hydrogens (tertiary/aromatic N) is 1. The molecule has 0 aromatic rings. The predicted molar refractivity (Wildman–Crippen MR) is 44.3 cm³/mol. The van der Waals surface area contributed by atoms with Crippen molar-refractivity contribution in [3.8, 4) is 0 Å². The van der Waals surface area contributed by atoms with Gasteiger partial charge in [0.2, 0.25) is 0 Å². The van der Waals surface area contributed by atoms with Gasteiger partial charge < -0.3 is 9.61 Å². The molecular formula is C7H12BNO2. The summed E-state index contributed by atoms with van der Waals surface area (Å²) >= 11 is 0. The molecule has 11 heavy (non-hydrogen) atoms. The van der Waals surface area contributed by atoms with Crippen molar-refractivity contribution >= 4 is 19.4 Å². The van der Waals surface area contributed by atoms with Crippen LogP contribution in [0.4, 0.5) is 0 Å². The Balaban J connectivity index is 2.34. The first-order valence-corrected chi connectivity index (χ1v) is 3.90. The number of hydrogen-bond donors (Lipinski definition) is 0. The highest BCUT2D eigenvalue weighted by molar-refractivity contribution is 6.64. The lowest BCUT2D eigenvalue weighted by Crippen LogP contribution is -2.27. The fourth-order valence-corrected chi connectivity index (χ4v) is 1.44. The standard InChI is InChI=1S/C7H12BNO2/c1-6(11)7-2-3-9(4-7)8-5-10/h5,7-8H,2-4H2,1H3. The molecule has 1 atom stereocenters. The summed E-state index contributed by atoms with van der Waals surface area (Å²) in [5, 5.41) is 0. The van der Waals surface area contributed by atoms with E-state index in [1.165, 1.54) is 0 Å². The van der Waals surface area contributed by atoms with Crippen LogP contribution in [0.15, 0.2) is 0 Å². The number of rotatable bonds is 3. The maximum atomic E-state index is 10.9. The van der Waals surface area contributed by atoms with Gasteiger partial charge in [-0.3, -0.25) is 4.79 Å². The molecule has 1 aliphatic rings. The third-order valence-corrected chi connectivity index (χ3v) is 2.18. The molecule has 0 aliphatic carbocycles. The van der Waals surface area contributed by atoms with Gasteiger partial charge in [-0.2, -0.15) is 0 Å². The molecule has 60 valence electrons. The van der Waals surface area contributed by atoms with E-state index in [-0.39, 0.29) is 11.7 Å². The van der Waals surface area contributed by atoms with Gasteiger partial charge in [0.25, 0.3) is 7.41 Å². The zero-order chi connectivity index (χ0) is 8.27. The topological polar surface area (TPSA) is 37.4 Å². The van der Waals surface area contributed by atoms with Crippen LogP contribution in [-0.2, 0) is 9.59 Å². The lowest BCUT2D eigenvalue weighted by atomic mass is 9.95. The molecule has 0 spiro atoms. The molecule has 4 heteroatoms. The van der Waals surface area contributed by atoms with Crippen LogP contribution < -0.4 is 0 Å². The molecule has 1 heterocycles. The van der Waals surface area contributed by atoms with Gasteiger partial charge >= 0.3 is 0 Å². The molecule has 1 fully saturated rings. The molecule has 1 rings (SSSR count). The van der Waals surface area contributed by atoms with E-state index in [1.54, 1.807) is 6.92 Å². The summed E-state index contributed by atoms with van der Waals surface area (Å²) in [7, 11) is 0.476. The van der Waals surface area contributed by atoms with E-state index < -0.39 is 0 Å². The Hall–Kier alpha value is -0.635. The number of carbonyl (C=O) groups excluding carboxylic acids is 2. The van der Waals surface area contributed by atoms with Crippen LogP contribution in [0.25, 0.3) is 0 Å². The van der Waals surface area contributed by atoms with Crippen LogP contribution >= 0.6 is 0 Å². The quantitative estimate of drug-likeness (QED) is 0.402. The Morgan fingerprint density at radius 3 is 2.91 bits per heavy atom. The van der Waals surface area contributed by atoms with Crippen molar-refractivity contribution in [2.24, 2.45) is 5.92 Å². The SMILES string of the molecule is CC(=O)C1CCN(BC=O)C1. The summed E-state index contributed by atoms with van der Waals surface area (Å²) in [6.07, 6.45) is 1.81. The molecule has 1 aliphatic heterocycles. The average Bonchev–Trinajstić information content (AvgIpc) is 2.37. The molecule has 0 aromatic carbocycles. The van der Waals surface area contributed by atoms with Gasteiger partial charge in [0.15, 0.2) is 0 Å². The van der Waals surface area contributed by atoms with Crippen molar-refractivity contribution in [2.75, 3.05) is 13.1 Å². The Labute approximate surface area is 67.0 Å². The van der Waals surface area contributed by atoms with E-state index in [2.05, 4.69) is 0 Å². The predicted octanol–water partition coefficient (Wildman–Crippen LogP) is -0.561. The van der Waals surface area contributed by atoms with Gasteiger partial charge in [0, 0.05) is 5.92 Å². The Morgan fingerprint density at radius 2 is 2.45 bits per heavy atom. The minimum atomic E-state index is 0.176. The Bertz CT molecular complexity index is 172. The van der Waals surface area contributed by atoms with E-state index in [1.807, 2.05) is 4.81 Å². The molecular weight excluding hydrogens is 141 g/mol. The summed E-state index contributed by atoms with van der Waals surface area (Å²) in [6, 6.07) is 0. The molecule has 0 amide bonds. The molecule has 0 bridgehead atoms. The molecule has 0 N–H and O–H groups in total. The Morgan fingerprint density at radius 1 is 1.73 bits per heavy atom. The minimum Gasteiger partial charge on any atom is -0.338 e. The minimum absolute atomic E-state index is 0.176.